The molecule has 0 amide bonds. The zero-order valence-electron chi connectivity index (χ0n) is 13.8. The van der Waals surface area contributed by atoms with Crippen molar-refractivity contribution in [1.82, 2.24) is 24.9 Å². The predicted octanol–water partition coefficient (Wildman–Crippen LogP) is 1.12. The Hall–Kier alpha value is -2.66. The van der Waals surface area contributed by atoms with Crippen LogP contribution in [0.5, 0.6) is 0 Å². The largest absolute Gasteiger partial charge is 0.334 e. The third-order valence-corrected chi connectivity index (χ3v) is 5.01. The fourth-order valence-electron chi connectivity index (χ4n) is 2.53. The number of primary sulfonamides is 1. The lowest BCUT2D eigenvalue weighted by atomic mass is 10.2. The van der Waals surface area contributed by atoms with E-state index < -0.39 is 15.8 Å². The lowest BCUT2D eigenvalue weighted by molar-refractivity contribution is 0.420. The average Bonchev–Trinajstić information content (AvgIpc) is 3.22. The Morgan fingerprint density at radius 2 is 2.12 bits per heavy atom. The summed E-state index contributed by atoms with van der Waals surface area (Å²) < 4.78 is 43.5. The molecule has 0 unspecified atom stereocenters. The molecule has 2 aromatic heterocycles. The van der Waals surface area contributed by atoms with Crippen molar-refractivity contribution in [3.05, 3.63) is 41.5 Å². The average molecular weight is 378 g/mol. The van der Waals surface area contributed by atoms with Crippen LogP contribution < -0.4 is 5.14 Å². The van der Waals surface area contributed by atoms with Crippen LogP contribution in [0.25, 0.3) is 11.5 Å². The van der Waals surface area contributed by atoms with Crippen LogP contribution in [0, 0.1) is 5.82 Å². The van der Waals surface area contributed by atoms with Crippen LogP contribution in [0.1, 0.15) is 36.2 Å². The van der Waals surface area contributed by atoms with Gasteiger partial charge in [-0.3, -0.25) is 4.68 Å². The van der Waals surface area contributed by atoms with Crippen molar-refractivity contribution >= 4 is 10.0 Å². The first-order valence-electron chi connectivity index (χ1n) is 7.86. The summed E-state index contributed by atoms with van der Waals surface area (Å²) >= 11 is 0. The Morgan fingerprint density at radius 1 is 1.35 bits per heavy atom. The number of benzene rings is 1. The van der Waals surface area contributed by atoms with Gasteiger partial charge in [-0.1, -0.05) is 5.16 Å². The van der Waals surface area contributed by atoms with Crippen molar-refractivity contribution in [2.45, 2.75) is 30.1 Å². The molecule has 0 radical (unpaired) electrons. The minimum atomic E-state index is -3.99. The number of hydrogen-bond donors (Lipinski definition) is 1. The molecule has 9 nitrogen and oxygen atoms in total. The van der Waals surface area contributed by atoms with Crippen LogP contribution in [0.3, 0.4) is 0 Å². The molecule has 1 aliphatic carbocycles. The van der Waals surface area contributed by atoms with E-state index in [2.05, 4.69) is 20.2 Å². The topological polar surface area (TPSA) is 130 Å². The van der Waals surface area contributed by atoms with Gasteiger partial charge in [-0.2, -0.15) is 10.1 Å². The van der Waals surface area contributed by atoms with Crippen LogP contribution in [0.2, 0.25) is 0 Å². The van der Waals surface area contributed by atoms with E-state index in [0.717, 1.165) is 24.7 Å². The molecule has 3 aromatic rings. The Balaban J connectivity index is 1.58. The van der Waals surface area contributed by atoms with Gasteiger partial charge in [0.2, 0.25) is 10.0 Å². The molecule has 0 atom stereocenters. The highest BCUT2D eigenvalue weighted by Crippen LogP contribution is 2.38. The van der Waals surface area contributed by atoms with Crippen molar-refractivity contribution in [3.63, 3.8) is 0 Å². The number of sulfonamides is 1. The van der Waals surface area contributed by atoms with Crippen LogP contribution >= 0.6 is 0 Å². The summed E-state index contributed by atoms with van der Waals surface area (Å²) in [5.41, 5.74) is -0.00668. The molecule has 1 aromatic carbocycles. The second-order valence-electron chi connectivity index (χ2n) is 6.16. The van der Waals surface area contributed by atoms with E-state index >= 15 is 0 Å². The molecule has 26 heavy (non-hydrogen) atoms. The molecule has 2 heterocycles. The highest BCUT2D eigenvalue weighted by Gasteiger charge is 2.28. The Bertz CT molecular complexity index is 1090. The zero-order chi connectivity index (χ0) is 18.5. The SMILES string of the molecule is Cn1nc(C2CC2)nc1Cc1noc(-c2ccc(S(N)(=O)=O)cc2F)n1. The molecule has 0 aliphatic heterocycles. The van der Waals surface area contributed by atoms with Gasteiger partial charge in [-0.15, -0.1) is 0 Å². The standard InChI is InChI=1S/C15H15FN6O3S/c1-22-13(19-14(20-22)8-2-3-8)7-12-18-15(25-21-12)10-5-4-9(6-11(10)16)26(17,23)24/h4-6,8H,2-3,7H2,1H3,(H2,17,23,24). The van der Waals surface area contributed by atoms with Gasteiger partial charge in [0.05, 0.1) is 16.9 Å². The Kier molecular flexibility index (Phi) is 3.84. The first-order chi connectivity index (χ1) is 12.3. The van der Waals surface area contributed by atoms with E-state index in [1.165, 1.54) is 12.1 Å². The number of nitrogens with zero attached hydrogens (tertiary/aromatic N) is 5. The van der Waals surface area contributed by atoms with Gasteiger partial charge in [0.1, 0.15) is 11.6 Å². The molecule has 136 valence electrons. The highest BCUT2D eigenvalue weighted by molar-refractivity contribution is 7.89. The number of rotatable bonds is 5. The van der Waals surface area contributed by atoms with Crippen molar-refractivity contribution in [3.8, 4) is 11.5 Å². The Morgan fingerprint density at radius 3 is 2.77 bits per heavy atom. The molecule has 1 fully saturated rings. The van der Waals surface area contributed by atoms with E-state index in [1.54, 1.807) is 11.7 Å². The normalized spacial score (nSPS) is 14.7. The lowest BCUT2D eigenvalue weighted by Gasteiger charge is -2.01. The summed E-state index contributed by atoms with van der Waals surface area (Å²) in [7, 11) is -2.20. The van der Waals surface area contributed by atoms with Crippen LogP contribution in [0.15, 0.2) is 27.6 Å². The van der Waals surface area contributed by atoms with Gasteiger partial charge >= 0.3 is 0 Å². The molecule has 4 rings (SSSR count). The van der Waals surface area contributed by atoms with Crippen LogP contribution in [0.4, 0.5) is 4.39 Å². The van der Waals surface area contributed by atoms with Gasteiger partial charge in [0.15, 0.2) is 11.6 Å². The molecular formula is C15H15FN6O3S. The van der Waals surface area contributed by atoms with Gasteiger partial charge in [-0.25, -0.2) is 22.9 Å². The minimum Gasteiger partial charge on any atom is -0.334 e. The molecule has 0 bridgehead atoms. The number of nitrogens with two attached hydrogens (primary N) is 1. The zero-order valence-corrected chi connectivity index (χ0v) is 14.6. The van der Waals surface area contributed by atoms with E-state index in [1.807, 2.05) is 0 Å². The quantitative estimate of drug-likeness (QED) is 0.704. The monoisotopic (exact) mass is 378 g/mol. The lowest BCUT2D eigenvalue weighted by Crippen LogP contribution is -2.12. The summed E-state index contributed by atoms with van der Waals surface area (Å²) in [6, 6.07) is 3.24. The molecule has 0 saturated heterocycles. The van der Waals surface area contributed by atoms with E-state index in [-0.39, 0.29) is 22.8 Å². The maximum Gasteiger partial charge on any atom is 0.260 e. The number of aromatic nitrogens is 5. The third-order valence-electron chi connectivity index (χ3n) is 4.10. The second kappa shape index (κ2) is 5.95. The molecular weight excluding hydrogens is 363 g/mol. The van der Waals surface area contributed by atoms with Crippen LogP contribution in [-0.2, 0) is 23.5 Å². The van der Waals surface area contributed by atoms with Crippen molar-refractivity contribution in [2.75, 3.05) is 0 Å². The maximum atomic E-state index is 14.2. The van der Waals surface area contributed by atoms with Crippen LogP contribution in [-0.4, -0.2) is 33.3 Å². The van der Waals surface area contributed by atoms with E-state index in [4.69, 9.17) is 9.66 Å². The molecule has 2 N–H and O–H groups in total. The number of hydrogen-bond acceptors (Lipinski definition) is 7. The fourth-order valence-corrected chi connectivity index (χ4v) is 3.06. The summed E-state index contributed by atoms with van der Waals surface area (Å²) in [6.07, 6.45) is 2.49. The first kappa shape index (κ1) is 16.8. The molecule has 11 heteroatoms. The molecule has 1 aliphatic rings. The smallest absolute Gasteiger partial charge is 0.260 e. The minimum absolute atomic E-state index is 0.00668. The van der Waals surface area contributed by atoms with Crippen molar-refractivity contribution in [1.29, 1.82) is 0 Å². The highest BCUT2D eigenvalue weighted by atomic mass is 32.2. The summed E-state index contributed by atoms with van der Waals surface area (Å²) in [5.74, 6) is 1.39. The van der Waals surface area contributed by atoms with E-state index in [0.29, 0.717) is 17.6 Å². The van der Waals surface area contributed by atoms with Gasteiger partial charge in [0, 0.05) is 13.0 Å². The molecule has 0 spiro atoms. The summed E-state index contributed by atoms with van der Waals surface area (Å²) in [4.78, 5) is 8.31. The predicted molar refractivity (Wildman–Crippen MR) is 86.8 cm³/mol. The third kappa shape index (κ3) is 3.22. The maximum absolute atomic E-state index is 14.2. The van der Waals surface area contributed by atoms with Crippen molar-refractivity contribution in [2.24, 2.45) is 12.2 Å². The molecule has 1 saturated carbocycles. The van der Waals surface area contributed by atoms with E-state index in [9.17, 15) is 12.8 Å². The van der Waals surface area contributed by atoms with Gasteiger partial charge < -0.3 is 4.52 Å². The van der Waals surface area contributed by atoms with Crippen molar-refractivity contribution < 1.29 is 17.3 Å². The van der Waals surface area contributed by atoms with Gasteiger partial charge in [0.25, 0.3) is 5.89 Å². The summed E-state index contributed by atoms with van der Waals surface area (Å²) in [6.45, 7) is 0. The fraction of sp³-hybridized carbons (Fsp3) is 0.333. The Labute approximate surface area is 148 Å². The number of halogens is 1. The summed E-state index contributed by atoms with van der Waals surface area (Å²) in [5, 5.41) is 13.2. The number of aryl methyl sites for hydroxylation is 1. The van der Waals surface area contributed by atoms with Gasteiger partial charge in [-0.05, 0) is 31.0 Å². The second-order valence-corrected chi connectivity index (χ2v) is 7.72. The first-order valence-corrected chi connectivity index (χ1v) is 9.41.